The summed E-state index contributed by atoms with van der Waals surface area (Å²) in [7, 11) is 1.33. The molecular weight excluding hydrogens is 230 g/mol. The van der Waals surface area contributed by atoms with Gasteiger partial charge in [-0.1, -0.05) is 19.8 Å². The fourth-order valence-corrected chi connectivity index (χ4v) is 2.34. The van der Waals surface area contributed by atoms with Crippen LogP contribution < -0.4 is 5.32 Å². The predicted octanol–water partition coefficient (Wildman–Crippen LogP) is 2.26. The van der Waals surface area contributed by atoms with Gasteiger partial charge in [0, 0.05) is 6.54 Å². The maximum atomic E-state index is 11.2. The molecule has 1 heterocycles. The van der Waals surface area contributed by atoms with E-state index in [1.165, 1.54) is 39.0 Å². The van der Waals surface area contributed by atoms with Crippen molar-refractivity contribution in [2.75, 3.05) is 19.0 Å². The van der Waals surface area contributed by atoms with Crippen LogP contribution in [0.3, 0.4) is 0 Å². The van der Waals surface area contributed by atoms with Crippen molar-refractivity contribution in [2.45, 2.75) is 32.6 Å². The molecule has 5 heteroatoms. The zero-order valence-corrected chi connectivity index (χ0v) is 10.9. The molecular formula is C13H19N3O2. The van der Waals surface area contributed by atoms with E-state index in [2.05, 4.69) is 26.9 Å². The second-order valence-electron chi connectivity index (χ2n) is 5.15. The van der Waals surface area contributed by atoms with Gasteiger partial charge < -0.3 is 10.1 Å². The minimum Gasteiger partial charge on any atom is -0.464 e. The van der Waals surface area contributed by atoms with Crippen molar-refractivity contribution in [1.82, 2.24) is 9.97 Å². The summed E-state index contributed by atoms with van der Waals surface area (Å²) in [6, 6.07) is 0. The van der Waals surface area contributed by atoms with Crippen LogP contribution in [0.5, 0.6) is 0 Å². The first-order valence-corrected chi connectivity index (χ1v) is 6.27. The van der Waals surface area contributed by atoms with Crippen LogP contribution in [-0.2, 0) is 4.74 Å². The Morgan fingerprint density at radius 3 is 2.67 bits per heavy atom. The Hall–Kier alpha value is -1.65. The molecule has 1 N–H and O–H groups in total. The van der Waals surface area contributed by atoms with Gasteiger partial charge in [0.05, 0.1) is 19.5 Å². The fraction of sp³-hybridized carbons (Fsp3) is 0.615. The van der Waals surface area contributed by atoms with Gasteiger partial charge in [-0.25, -0.2) is 14.8 Å². The molecule has 0 atom stereocenters. The monoisotopic (exact) mass is 249 g/mol. The van der Waals surface area contributed by atoms with Crippen molar-refractivity contribution < 1.29 is 9.53 Å². The van der Waals surface area contributed by atoms with Crippen molar-refractivity contribution in [3.63, 3.8) is 0 Å². The molecule has 1 aromatic heterocycles. The summed E-state index contributed by atoms with van der Waals surface area (Å²) in [5.74, 6) is 0.243. The molecule has 0 aliphatic heterocycles. The third-order valence-corrected chi connectivity index (χ3v) is 3.55. The molecule has 1 fully saturated rings. The maximum absolute atomic E-state index is 11.2. The average molecular weight is 249 g/mol. The first-order chi connectivity index (χ1) is 8.63. The van der Waals surface area contributed by atoms with Gasteiger partial charge in [0.1, 0.15) is 5.82 Å². The summed E-state index contributed by atoms with van der Waals surface area (Å²) < 4.78 is 4.57. The van der Waals surface area contributed by atoms with Crippen LogP contribution in [-0.4, -0.2) is 29.6 Å². The van der Waals surface area contributed by atoms with Crippen molar-refractivity contribution in [3.8, 4) is 0 Å². The molecule has 0 amide bonds. The van der Waals surface area contributed by atoms with E-state index >= 15 is 0 Å². The molecule has 0 radical (unpaired) electrons. The molecule has 1 aliphatic rings. The number of carbonyl (C=O) groups excluding carboxylic acids is 1. The van der Waals surface area contributed by atoms with Gasteiger partial charge in [-0.3, -0.25) is 0 Å². The first kappa shape index (κ1) is 12.8. The Bertz CT molecular complexity index is 411. The molecule has 18 heavy (non-hydrogen) atoms. The fourth-order valence-electron chi connectivity index (χ4n) is 2.34. The Kier molecular flexibility index (Phi) is 3.79. The van der Waals surface area contributed by atoms with Crippen LogP contribution in [0.2, 0.25) is 0 Å². The van der Waals surface area contributed by atoms with Gasteiger partial charge in [-0.05, 0) is 18.3 Å². The number of esters is 1. The Morgan fingerprint density at radius 1 is 1.39 bits per heavy atom. The van der Waals surface area contributed by atoms with E-state index in [0.29, 0.717) is 11.2 Å². The Labute approximate surface area is 107 Å². The zero-order valence-electron chi connectivity index (χ0n) is 10.9. The van der Waals surface area contributed by atoms with E-state index in [9.17, 15) is 4.79 Å². The van der Waals surface area contributed by atoms with Crippen LogP contribution in [0.1, 0.15) is 43.1 Å². The van der Waals surface area contributed by atoms with E-state index in [-0.39, 0.29) is 5.69 Å². The van der Waals surface area contributed by atoms with E-state index in [1.807, 2.05) is 0 Å². The van der Waals surface area contributed by atoms with Crippen LogP contribution in [0.4, 0.5) is 5.82 Å². The number of methoxy groups -OCH3 is 1. The van der Waals surface area contributed by atoms with Crippen molar-refractivity contribution >= 4 is 11.8 Å². The molecule has 0 aromatic carbocycles. The molecule has 1 aliphatic carbocycles. The Balaban J connectivity index is 1.92. The summed E-state index contributed by atoms with van der Waals surface area (Å²) in [6.45, 7) is 3.20. The van der Waals surface area contributed by atoms with Crippen LogP contribution >= 0.6 is 0 Å². The summed E-state index contributed by atoms with van der Waals surface area (Å²) in [5, 5.41) is 3.29. The van der Waals surface area contributed by atoms with Crippen molar-refractivity contribution in [2.24, 2.45) is 5.41 Å². The van der Waals surface area contributed by atoms with Gasteiger partial charge >= 0.3 is 5.97 Å². The number of nitrogens with zero attached hydrogens (tertiary/aromatic N) is 2. The molecule has 0 unspecified atom stereocenters. The second kappa shape index (κ2) is 5.33. The maximum Gasteiger partial charge on any atom is 0.358 e. The minimum absolute atomic E-state index is 0.232. The molecule has 1 saturated carbocycles. The number of anilines is 1. The lowest BCUT2D eigenvalue weighted by molar-refractivity contribution is 0.0593. The molecule has 0 bridgehead atoms. The molecule has 98 valence electrons. The number of carbonyl (C=O) groups is 1. The number of aromatic nitrogens is 2. The summed E-state index contributed by atoms with van der Waals surface area (Å²) >= 11 is 0. The molecule has 2 rings (SSSR count). The SMILES string of the molecule is COC(=O)c1cnc(NCC2(C)CCCC2)cn1. The highest BCUT2D eigenvalue weighted by atomic mass is 16.5. The highest BCUT2D eigenvalue weighted by Gasteiger charge is 2.28. The molecule has 0 saturated heterocycles. The minimum atomic E-state index is -0.461. The van der Waals surface area contributed by atoms with Gasteiger partial charge in [-0.15, -0.1) is 0 Å². The molecule has 1 aromatic rings. The zero-order chi connectivity index (χ0) is 13.0. The Morgan fingerprint density at radius 2 is 2.11 bits per heavy atom. The number of nitrogens with one attached hydrogen (secondary N) is 1. The topological polar surface area (TPSA) is 64.1 Å². The van der Waals surface area contributed by atoms with Crippen LogP contribution in [0.25, 0.3) is 0 Å². The third-order valence-electron chi connectivity index (χ3n) is 3.55. The van der Waals surface area contributed by atoms with Crippen LogP contribution in [0.15, 0.2) is 12.4 Å². The van der Waals surface area contributed by atoms with E-state index in [1.54, 1.807) is 6.20 Å². The van der Waals surface area contributed by atoms with E-state index in [4.69, 9.17) is 0 Å². The van der Waals surface area contributed by atoms with Crippen molar-refractivity contribution in [1.29, 1.82) is 0 Å². The van der Waals surface area contributed by atoms with Crippen molar-refractivity contribution in [3.05, 3.63) is 18.1 Å². The summed E-state index contributed by atoms with van der Waals surface area (Å²) in [6.07, 6.45) is 8.15. The summed E-state index contributed by atoms with van der Waals surface area (Å²) in [5.41, 5.74) is 0.595. The van der Waals surface area contributed by atoms with Gasteiger partial charge in [0.15, 0.2) is 5.69 Å². The number of rotatable bonds is 4. The quantitative estimate of drug-likeness (QED) is 0.829. The highest BCUT2D eigenvalue weighted by Crippen LogP contribution is 2.37. The van der Waals surface area contributed by atoms with E-state index in [0.717, 1.165) is 6.54 Å². The van der Waals surface area contributed by atoms with Gasteiger partial charge in [0.2, 0.25) is 0 Å². The smallest absolute Gasteiger partial charge is 0.358 e. The normalized spacial score (nSPS) is 17.4. The first-order valence-electron chi connectivity index (χ1n) is 6.27. The number of ether oxygens (including phenoxy) is 1. The largest absolute Gasteiger partial charge is 0.464 e. The highest BCUT2D eigenvalue weighted by molar-refractivity contribution is 5.86. The lowest BCUT2D eigenvalue weighted by Gasteiger charge is -2.23. The lowest BCUT2D eigenvalue weighted by atomic mass is 9.89. The van der Waals surface area contributed by atoms with Crippen LogP contribution in [0, 0.1) is 5.41 Å². The molecule has 0 spiro atoms. The predicted molar refractivity (Wildman–Crippen MR) is 68.4 cm³/mol. The standard InChI is InChI=1S/C13H19N3O2/c1-13(5-3-4-6-13)9-16-11-8-14-10(7-15-11)12(17)18-2/h7-8H,3-6,9H2,1-2H3,(H,15,16). The lowest BCUT2D eigenvalue weighted by Crippen LogP contribution is -2.23. The van der Waals surface area contributed by atoms with Gasteiger partial charge in [0.25, 0.3) is 0 Å². The third kappa shape index (κ3) is 2.97. The molecule has 5 nitrogen and oxygen atoms in total. The van der Waals surface area contributed by atoms with Gasteiger partial charge in [-0.2, -0.15) is 0 Å². The average Bonchev–Trinajstić information content (AvgIpc) is 2.83. The second-order valence-corrected chi connectivity index (χ2v) is 5.15. The number of hydrogen-bond donors (Lipinski definition) is 1. The summed E-state index contributed by atoms with van der Waals surface area (Å²) in [4.78, 5) is 19.4. The van der Waals surface area contributed by atoms with E-state index < -0.39 is 5.97 Å². The number of hydrogen-bond acceptors (Lipinski definition) is 5.